The molecule has 21 heavy (non-hydrogen) atoms. The zero-order chi connectivity index (χ0) is 15.0. The Morgan fingerprint density at radius 2 is 2.10 bits per heavy atom. The summed E-state index contributed by atoms with van der Waals surface area (Å²) in [4.78, 5) is 2.64. The van der Waals surface area contributed by atoms with E-state index in [2.05, 4.69) is 29.2 Å². The third kappa shape index (κ3) is 3.13. The highest BCUT2D eigenvalue weighted by molar-refractivity contribution is 6.31. The van der Waals surface area contributed by atoms with E-state index in [9.17, 15) is 0 Å². The Morgan fingerprint density at radius 3 is 2.67 bits per heavy atom. The summed E-state index contributed by atoms with van der Waals surface area (Å²) in [6, 6.07) is 1.28. The summed E-state index contributed by atoms with van der Waals surface area (Å²) in [5.74, 6) is 0.882. The van der Waals surface area contributed by atoms with Gasteiger partial charge in [-0.3, -0.25) is 9.58 Å². The van der Waals surface area contributed by atoms with Gasteiger partial charge in [0.05, 0.1) is 16.4 Å². The maximum atomic E-state index is 6.54. The molecule has 2 aliphatic rings. The number of halogens is 1. The van der Waals surface area contributed by atoms with Crippen LogP contribution in [0.3, 0.4) is 0 Å². The van der Waals surface area contributed by atoms with Gasteiger partial charge in [-0.15, -0.1) is 0 Å². The van der Waals surface area contributed by atoms with Crippen molar-refractivity contribution in [2.24, 2.45) is 13.0 Å². The van der Waals surface area contributed by atoms with Gasteiger partial charge in [0.25, 0.3) is 0 Å². The first kappa shape index (κ1) is 15.3. The van der Waals surface area contributed by atoms with Crippen molar-refractivity contribution in [1.82, 2.24) is 20.0 Å². The largest absolute Gasteiger partial charge is 0.311 e. The minimum Gasteiger partial charge on any atom is -0.311 e. The second-order valence-electron chi connectivity index (χ2n) is 6.53. The molecule has 3 rings (SSSR count). The summed E-state index contributed by atoms with van der Waals surface area (Å²) in [6.07, 6.45) is 4.86. The van der Waals surface area contributed by atoms with Gasteiger partial charge in [0, 0.05) is 38.8 Å². The molecule has 1 N–H and O–H groups in total. The summed E-state index contributed by atoms with van der Waals surface area (Å²) < 4.78 is 1.98. The Morgan fingerprint density at radius 1 is 1.33 bits per heavy atom. The van der Waals surface area contributed by atoms with Crippen molar-refractivity contribution in [1.29, 1.82) is 0 Å². The van der Waals surface area contributed by atoms with Crippen LogP contribution in [-0.2, 0) is 20.0 Å². The Bertz CT molecular complexity index is 495. The molecule has 2 unspecified atom stereocenters. The summed E-state index contributed by atoms with van der Waals surface area (Å²) >= 11 is 6.54. The van der Waals surface area contributed by atoms with Crippen LogP contribution in [0.5, 0.6) is 0 Å². The molecule has 0 spiro atoms. The van der Waals surface area contributed by atoms with E-state index in [1.807, 2.05) is 11.7 Å². The van der Waals surface area contributed by atoms with E-state index in [1.54, 1.807) is 0 Å². The average molecular weight is 311 g/mol. The lowest BCUT2D eigenvalue weighted by Gasteiger charge is -2.40. The molecule has 2 heterocycles. The van der Waals surface area contributed by atoms with Gasteiger partial charge in [0.1, 0.15) is 0 Å². The minimum atomic E-state index is 0.609. The van der Waals surface area contributed by atoms with Crippen LogP contribution in [-0.4, -0.2) is 39.9 Å². The molecule has 0 radical (unpaired) electrons. The molecule has 118 valence electrons. The zero-order valence-corrected chi connectivity index (χ0v) is 14.2. The molecule has 0 aromatic carbocycles. The number of piperazine rings is 1. The van der Waals surface area contributed by atoms with Gasteiger partial charge in [0.2, 0.25) is 0 Å². The molecule has 2 fully saturated rings. The summed E-state index contributed by atoms with van der Waals surface area (Å²) in [5, 5.41) is 9.14. The van der Waals surface area contributed by atoms with Crippen LogP contribution in [0.2, 0.25) is 5.02 Å². The maximum Gasteiger partial charge on any atom is 0.0863 e. The number of aryl methyl sites for hydroxylation is 2. The molecule has 5 heteroatoms. The van der Waals surface area contributed by atoms with Crippen molar-refractivity contribution in [2.75, 3.05) is 13.1 Å². The van der Waals surface area contributed by atoms with Crippen molar-refractivity contribution in [2.45, 2.75) is 58.2 Å². The third-order valence-electron chi connectivity index (χ3n) is 5.05. The van der Waals surface area contributed by atoms with Crippen LogP contribution in [0.15, 0.2) is 0 Å². The molecule has 0 amide bonds. The molecular weight excluding hydrogens is 284 g/mol. The van der Waals surface area contributed by atoms with E-state index >= 15 is 0 Å². The summed E-state index contributed by atoms with van der Waals surface area (Å²) in [5.41, 5.74) is 2.20. The van der Waals surface area contributed by atoms with Crippen LogP contribution in [0.25, 0.3) is 0 Å². The quantitative estimate of drug-likeness (QED) is 0.907. The first-order valence-corrected chi connectivity index (χ1v) is 8.69. The van der Waals surface area contributed by atoms with Crippen LogP contribution in [0.1, 0.15) is 44.5 Å². The van der Waals surface area contributed by atoms with Crippen LogP contribution >= 0.6 is 11.6 Å². The first-order chi connectivity index (χ1) is 10.1. The monoisotopic (exact) mass is 310 g/mol. The lowest BCUT2D eigenvalue weighted by molar-refractivity contribution is 0.103. The van der Waals surface area contributed by atoms with Crippen molar-refractivity contribution in [3.63, 3.8) is 0 Å². The van der Waals surface area contributed by atoms with E-state index in [0.29, 0.717) is 12.1 Å². The number of nitrogens with one attached hydrogen (secondary N) is 1. The van der Waals surface area contributed by atoms with Crippen molar-refractivity contribution in [3.8, 4) is 0 Å². The van der Waals surface area contributed by atoms with Crippen molar-refractivity contribution in [3.05, 3.63) is 16.4 Å². The molecule has 4 nitrogen and oxygen atoms in total. The molecule has 1 aliphatic carbocycles. The highest BCUT2D eigenvalue weighted by atomic mass is 35.5. The molecule has 2 atom stereocenters. The normalized spacial score (nSPS) is 27.2. The van der Waals surface area contributed by atoms with Gasteiger partial charge in [0.15, 0.2) is 0 Å². The lowest BCUT2D eigenvalue weighted by Crippen LogP contribution is -2.56. The number of hydrogen-bond acceptors (Lipinski definition) is 3. The Labute approximate surface area is 132 Å². The second kappa shape index (κ2) is 6.27. The molecule has 1 saturated heterocycles. The highest BCUT2D eigenvalue weighted by Crippen LogP contribution is 2.37. The van der Waals surface area contributed by atoms with Crippen molar-refractivity contribution >= 4 is 11.6 Å². The molecule has 1 aromatic heterocycles. The second-order valence-corrected chi connectivity index (χ2v) is 6.91. The van der Waals surface area contributed by atoms with Gasteiger partial charge in [-0.25, -0.2) is 0 Å². The van der Waals surface area contributed by atoms with E-state index < -0.39 is 0 Å². The predicted molar refractivity (Wildman–Crippen MR) is 86.6 cm³/mol. The van der Waals surface area contributed by atoms with E-state index in [1.165, 1.54) is 25.0 Å². The lowest BCUT2D eigenvalue weighted by atomic mass is 10.0. The van der Waals surface area contributed by atoms with Gasteiger partial charge in [-0.05, 0) is 31.6 Å². The van der Waals surface area contributed by atoms with Gasteiger partial charge >= 0.3 is 0 Å². The van der Waals surface area contributed by atoms with Crippen LogP contribution < -0.4 is 5.32 Å². The fourth-order valence-electron chi connectivity index (χ4n) is 3.48. The number of aromatic nitrogens is 2. The molecule has 0 bridgehead atoms. The molecule has 1 aromatic rings. The minimum absolute atomic E-state index is 0.609. The van der Waals surface area contributed by atoms with Crippen molar-refractivity contribution < 1.29 is 0 Å². The van der Waals surface area contributed by atoms with Gasteiger partial charge < -0.3 is 5.32 Å². The SMILES string of the molecule is CCc1nn(C)c(CN2CC(CC)NCC2C2CC2)c1Cl. The first-order valence-electron chi connectivity index (χ1n) is 8.31. The van der Waals surface area contributed by atoms with Gasteiger partial charge in [-0.2, -0.15) is 5.10 Å². The fourth-order valence-corrected chi connectivity index (χ4v) is 3.84. The van der Waals surface area contributed by atoms with Crippen LogP contribution in [0, 0.1) is 5.92 Å². The molecular formula is C16H27ClN4. The number of hydrogen-bond donors (Lipinski definition) is 1. The Hall–Kier alpha value is -0.580. The Balaban J connectivity index is 1.78. The third-order valence-corrected chi connectivity index (χ3v) is 5.49. The van der Waals surface area contributed by atoms with E-state index in [4.69, 9.17) is 11.6 Å². The van der Waals surface area contributed by atoms with E-state index in [-0.39, 0.29) is 0 Å². The molecule has 1 aliphatic heterocycles. The van der Waals surface area contributed by atoms with Gasteiger partial charge in [-0.1, -0.05) is 25.4 Å². The fraction of sp³-hybridized carbons (Fsp3) is 0.812. The maximum absolute atomic E-state index is 6.54. The van der Waals surface area contributed by atoms with E-state index in [0.717, 1.165) is 42.7 Å². The topological polar surface area (TPSA) is 33.1 Å². The average Bonchev–Trinajstić information content (AvgIpc) is 3.29. The number of nitrogens with zero attached hydrogens (tertiary/aromatic N) is 3. The number of rotatable bonds is 5. The zero-order valence-electron chi connectivity index (χ0n) is 13.4. The summed E-state index contributed by atoms with van der Waals surface area (Å²) in [7, 11) is 2.02. The molecule has 1 saturated carbocycles. The smallest absolute Gasteiger partial charge is 0.0863 e. The highest BCUT2D eigenvalue weighted by Gasteiger charge is 2.38. The Kier molecular flexibility index (Phi) is 4.57. The van der Waals surface area contributed by atoms with Crippen LogP contribution in [0.4, 0.5) is 0 Å². The summed E-state index contributed by atoms with van der Waals surface area (Å²) in [6.45, 7) is 7.56. The predicted octanol–water partition coefficient (Wildman–Crippen LogP) is 2.60. The standard InChI is InChI=1S/C16H27ClN4/c1-4-12-9-21(14(8-18-12)11-6-7-11)10-15-16(17)13(5-2)19-20(15)3/h11-12,14,18H,4-10H2,1-3H3.